The van der Waals surface area contributed by atoms with Gasteiger partial charge in [0.15, 0.2) is 0 Å². The Morgan fingerprint density at radius 3 is 2.67 bits per heavy atom. The Morgan fingerprint density at radius 1 is 1.53 bits per heavy atom. The fourth-order valence-corrected chi connectivity index (χ4v) is 2.54. The van der Waals surface area contributed by atoms with Crippen LogP contribution >= 0.6 is 38.5 Å². The van der Waals surface area contributed by atoms with Crippen LogP contribution in [0.15, 0.2) is 16.6 Å². The number of hydrogen-bond acceptors (Lipinski definition) is 3. The SMILES string of the molecule is CC(C)OC(=O)c1cc(I)cc(Br)c1N. The summed E-state index contributed by atoms with van der Waals surface area (Å²) in [5.74, 6) is -0.387. The number of rotatable bonds is 2. The van der Waals surface area contributed by atoms with Crippen molar-refractivity contribution in [2.45, 2.75) is 20.0 Å². The lowest BCUT2D eigenvalue weighted by Crippen LogP contribution is -2.13. The van der Waals surface area contributed by atoms with Crippen LogP contribution in [-0.2, 0) is 4.74 Å². The van der Waals surface area contributed by atoms with E-state index in [1.165, 1.54) is 0 Å². The molecule has 0 aliphatic rings. The van der Waals surface area contributed by atoms with Gasteiger partial charge >= 0.3 is 5.97 Å². The third-order valence-electron chi connectivity index (χ3n) is 1.66. The molecule has 1 aromatic rings. The first-order chi connectivity index (χ1) is 6.91. The van der Waals surface area contributed by atoms with Crippen LogP contribution in [0.25, 0.3) is 0 Å². The van der Waals surface area contributed by atoms with Gasteiger partial charge in [0.2, 0.25) is 0 Å². The van der Waals surface area contributed by atoms with E-state index in [0.717, 1.165) is 3.57 Å². The van der Waals surface area contributed by atoms with Crippen LogP contribution < -0.4 is 5.73 Å². The lowest BCUT2D eigenvalue weighted by molar-refractivity contribution is 0.0379. The van der Waals surface area contributed by atoms with Crippen molar-refractivity contribution < 1.29 is 9.53 Å². The van der Waals surface area contributed by atoms with Gasteiger partial charge in [-0.1, -0.05) is 0 Å². The molecule has 0 atom stereocenters. The first-order valence-electron chi connectivity index (χ1n) is 4.37. The number of benzene rings is 1. The predicted octanol–water partition coefficient (Wildman–Crippen LogP) is 3.20. The smallest absolute Gasteiger partial charge is 0.340 e. The number of nitrogens with two attached hydrogens (primary N) is 1. The Morgan fingerprint density at radius 2 is 2.13 bits per heavy atom. The molecule has 1 rings (SSSR count). The molecular formula is C10H11BrINO2. The number of carbonyl (C=O) groups is 1. The Balaban J connectivity index is 3.08. The summed E-state index contributed by atoms with van der Waals surface area (Å²) in [4.78, 5) is 11.7. The molecule has 2 N–H and O–H groups in total. The summed E-state index contributed by atoms with van der Waals surface area (Å²) >= 11 is 5.42. The number of esters is 1. The molecule has 0 radical (unpaired) electrons. The van der Waals surface area contributed by atoms with Gasteiger partial charge in [0.1, 0.15) is 0 Å². The Hall–Kier alpha value is -0.300. The first-order valence-corrected chi connectivity index (χ1v) is 6.24. The maximum absolute atomic E-state index is 11.7. The van der Waals surface area contributed by atoms with Crippen LogP contribution in [0.5, 0.6) is 0 Å². The van der Waals surface area contributed by atoms with E-state index in [1.807, 2.05) is 6.07 Å². The summed E-state index contributed by atoms with van der Waals surface area (Å²) in [5.41, 5.74) is 6.60. The summed E-state index contributed by atoms with van der Waals surface area (Å²) in [6.45, 7) is 3.61. The molecule has 0 aliphatic heterocycles. The van der Waals surface area contributed by atoms with Crippen molar-refractivity contribution in [1.29, 1.82) is 0 Å². The molecule has 15 heavy (non-hydrogen) atoms. The maximum Gasteiger partial charge on any atom is 0.340 e. The van der Waals surface area contributed by atoms with Gasteiger partial charge in [0, 0.05) is 8.04 Å². The summed E-state index contributed by atoms with van der Waals surface area (Å²) < 4.78 is 6.73. The maximum atomic E-state index is 11.7. The number of halogens is 2. The lowest BCUT2D eigenvalue weighted by atomic mass is 10.2. The molecular weight excluding hydrogens is 373 g/mol. The van der Waals surface area contributed by atoms with Gasteiger partial charge in [-0.15, -0.1) is 0 Å². The summed E-state index contributed by atoms with van der Waals surface area (Å²) in [6.07, 6.45) is -0.145. The highest BCUT2D eigenvalue weighted by molar-refractivity contribution is 14.1. The van der Waals surface area contributed by atoms with E-state index in [1.54, 1.807) is 19.9 Å². The number of ether oxygens (including phenoxy) is 1. The molecule has 0 aromatic heterocycles. The van der Waals surface area contributed by atoms with Gasteiger partial charge in [0.05, 0.1) is 17.4 Å². The van der Waals surface area contributed by atoms with Crippen LogP contribution in [0.1, 0.15) is 24.2 Å². The van der Waals surface area contributed by atoms with E-state index >= 15 is 0 Å². The summed E-state index contributed by atoms with van der Waals surface area (Å²) in [6, 6.07) is 3.56. The Kier molecular flexibility index (Phi) is 4.39. The fourth-order valence-electron chi connectivity index (χ4n) is 1.03. The highest BCUT2D eigenvalue weighted by Gasteiger charge is 2.15. The molecule has 0 spiro atoms. The molecule has 0 amide bonds. The Bertz CT molecular complexity index is 393. The van der Waals surface area contributed by atoms with Crippen LogP contribution in [0.3, 0.4) is 0 Å². The molecule has 0 saturated carbocycles. The number of nitrogen functional groups attached to an aromatic ring is 1. The number of hydrogen-bond donors (Lipinski definition) is 1. The van der Waals surface area contributed by atoms with Crippen molar-refractivity contribution >= 4 is 50.2 Å². The average molecular weight is 384 g/mol. The second-order valence-electron chi connectivity index (χ2n) is 3.30. The normalized spacial score (nSPS) is 10.5. The minimum Gasteiger partial charge on any atom is -0.459 e. The van der Waals surface area contributed by atoms with Gasteiger partial charge in [-0.3, -0.25) is 0 Å². The molecule has 82 valence electrons. The van der Waals surface area contributed by atoms with E-state index in [4.69, 9.17) is 10.5 Å². The topological polar surface area (TPSA) is 52.3 Å². The summed E-state index contributed by atoms with van der Waals surface area (Å²) in [7, 11) is 0. The zero-order chi connectivity index (χ0) is 11.6. The van der Waals surface area contributed by atoms with Crippen LogP contribution in [-0.4, -0.2) is 12.1 Å². The third kappa shape index (κ3) is 3.34. The predicted molar refractivity (Wildman–Crippen MR) is 71.8 cm³/mol. The van der Waals surface area contributed by atoms with E-state index < -0.39 is 0 Å². The fraction of sp³-hybridized carbons (Fsp3) is 0.300. The minimum absolute atomic E-state index is 0.145. The average Bonchev–Trinajstić information content (AvgIpc) is 2.09. The third-order valence-corrected chi connectivity index (χ3v) is 2.94. The van der Waals surface area contributed by atoms with Crippen LogP contribution in [0.4, 0.5) is 5.69 Å². The van der Waals surface area contributed by atoms with Crippen LogP contribution in [0.2, 0.25) is 0 Å². The zero-order valence-electron chi connectivity index (χ0n) is 8.38. The van der Waals surface area contributed by atoms with E-state index in [0.29, 0.717) is 15.7 Å². The van der Waals surface area contributed by atoms with Crippen LogP contribution in [0, 0.1) is 3.57 Å². The van der Waals surface area contributed by atoms with Gasteiger partial charge in [-0.25, -0.2) is 4.79 Å². The quantitative estimate of drug-likeness (QED) is 0.484. The number of carbonyl (C=O) groups excluding carboxylic acids is 1. The molecule has 3 nitrogen and oxygen atoms in total. The highest BCUT2D eigenvalue weighted by atomic mass is 127. The zero-order valence-corrected chi connectivity index (χ0v) is 12.1. The van der Waals surface area contributed by atoms with E-state index in [2.05, 4.69) is 38.5 Å². The van der Waals surface area contributed by atoms with Gasteiger partial charge in [-0.05, 0) is 64.5 Å². The molecule has 1 aromatic carbocycles. The Labute approximate surface area is 111 Å². The summed E-state index contributed by atoms with van der Waals surface area (Å²) in [5, 5.41) is 0. The van der Waals surface area contributed by atoms with Gasteiger partial charge in [-0.2, -0.15) is 0 Å². The molecule has 0 aliphatic carbocycles. The monoisotopic (exact) mass is 383 g/mol. The van der Waals surface area contributed by atoms with Crippen molar-refractivity contribution in [3.8, 4) is 0 Å². The largest absolute Gasteiger partial charge is 0.459 e. The van der Waals surface area contributed by atoms with Crippen molar-refractivity contribution in [2.75, 3.05) is 5.73 Å². The lowest BCUT2D eigenvalue weighted by Gasteiger charge is -2.11. The van der Waals surface area contributed by atoms with Crippen molar-refractivity contribution in [3.05, 3.63) is 25.7 Å². The van der Waals surface area contributed by atoms with Crippen molar-refractivity contribution in [1.82, 2.24) is 0 Å². The second kappa shape index (κ2) is 5.16. The van der Waals surface area contributed by atoms with Crippen molar-refractivity contribution in [2.24, 2.45) is 0 Å². The highest BCUT2D eigenvalue weighted by Crippen LogP contribution is 2.27. The van der Waals surface area contributed by atoms with Gasteiger partial charge in [0.25, 0.3) is 0 Å². The molecule has 0 fully saturated rings. The number of anilines is 1. The van der Waals surface area contributed by atoms with E-state index in [9.17, 15) is 4.79 Å². The second-order valence-corrected chi connectivity index (χ2v) is 5.40. The minimum atomic E-state index is -0.387. The molecule has 0 bridgehead atoms. The molecule has 0 heterocycles. The molecule has 0 unspecified atom stereocenters. The first kappa shape index (κ1) is 12.8. The van der Waals surface area contributed by atoms with Crippen molar-refractivity contribution in [3.63, 3.8) is 0 Å². The van der Waals surface area contributed by atoms with Gasteiger partial charge < -0.3 is 10.5 Å². The molecule has 0 saturated heterocycles. The molecule has 5 heteroatoms. The standard InChI is InChI=1S/C10H11BrINO2/c1-5(2)15-10(14)7-3-6(12)4-8(11)9(7)13/h3-5H,13H2,1-2H3. The van der Waals surface area contributed by atoms with E-state index in [-0.39, 0.29) is 12.1 Å².